The Kier molecular flexibility index (Phi) is 4.88. The van der Waals surface area contributed by atoms with Gasteiger partial charge < -0.3 is 9.47 Å². The van der Waals surface area contributed by atoms with Gasteiger partial charge in [-0.2, -0.15) is 0 Å². The lowest BCUT2D eigenvalue weighted by Gasteiger charge is -2.14. The molecule has 0 saturated carbocycles. The van der Waals surface area contributed by atoms with Crippen molar-refractivity contribution < 1.29 is 23.9 Å². The first kappa shape index (κ1) is 15.7. The van der Waals surface area contributed by atoms with Gasteiger partial charge in [0.15, 0.2) is 5.78 Å². The second kappa shape index (κ2) is 6.85. The Morgan fingerprint density at radius 2 is 1.73 bits per heavy atom. The van der Waals surface area contributed by atoms with Gasteiger partial charge in [-0.15, -0.1) is 0 Å². The zero-order valence-electron chi connectivity index (χ0n) is 12.4. The fourth-order valence-electron chi connectivity index (χ4n) is 2.09. The molecule has 0 aromatic heterocycles. The normalized spacial score (nSPS) is 11.7. The van der Waals surface area contributed by atoms with Gasteiger partial charge in [0.2, 0.25) is 0 Å². The second-order valence-corrected chi connectivity index (χ2v) is 4.67. The monoisotopic (exact) mass is 300 g/mol. The number of fused-ring (bicyclic) bond motifs is 1. The summed E-state index contributed by atoms with van der Waals surface area (Å²) in [6.07, 6.45) is -1.54. The lowest BCUT2D eigenvalue weighted by Crippen LogP contribution is -2.35. The molecule has 0 spiro atoms. The van der Waals surface area contributed by atoms with Crippen LogP contribution in [-0.4, -0.2) is 30.4 Å². The van der Waals surface area contributed by atoms with Crippen LogP contribution in [0.4, 0.5) is 0 Å². The van der Waals surface area contributed by atoms with Crippen LogP contribution in [0.3, 0.4) is 0 Å². The zero-order valence-corrected chi connectivity index (χ0v) is 12.4. The molecule has 0 aliphatic heterocycles. The average molecular weight is 300 g/mol. The summed E-state index contributed by atoms with van der Waals surface area (Å²) in [6.45, 7) is 2.90. The molecule has 0 bridgehead atoms. The molecule has 0 N–H and O–H groups in total. The molecular formula is C17H16O5. The summed E-state index contributed by atoms with van der Waals surface area (Å²) in [5.41, 5.74) is 0.300. The van der Waals surface area contributed by atoms with E-state index in [1.54, 1.807) is 31.2 Å². The molecule has 1 atom stereocenters. The van der Waals surface area contributed by atoms with Crippen LogP contribution in [0.2, 0.25) is 0 Å². The number of carbonyl (C=O) groups excluding carboxylic acids is 3. The third kappa shape index (κ3) is 3.31. The molecule has 0 heterocycles. The van der Waals surface area contributed by atoms with E-state index in [1.165, 1.54) is 6.92 Å². The summed E-state index contributed by atoms with van der Waals surface area (Å²) in [4.78, 5) is 35.5. The van der Waals surface area contributed by atoms with Gasteiger partial charge in [0.05, 0.1) is 12.2 Å². The molecule has 0 aliphatic rings. The quantitative estimate of drug-likeness (QED) is 0.627. The van der Waals surface area contributed by atoms with E-state index in [9.17, 15) is 14.4 Å². The molecule has 22 heavy (non-hydrogen) atoms. The fourth-order valence-corrected chi connectivity index (χ4v) is 2.09. The predicted octanol–water partition coefficient (Wildman–Crippen LogP) is 2.52. The van der Waals surface area contributed by atoms with Gasteiger partial charge in [-0.3, -0.25) is 4.79 Å². The number of esters is 2. The number of rotatable bonds is 5. The summed E-state index contributed by atoms with van der Waals surface area (Å²) in [6, 6.07) is 12.5. The van der Waals surface area contributed by atoms with Crippen molar-refractivity contribution in [3.05, 3.63) is 48.0 Å². The molecular weight excluding hydrogens is 284 g/mol. The van der Waals surface area contributed by atoms with Crippen molar-refractivity contribution in [3.8, 4) is 0 Å². The molecule has 114 valence electrons. The number of ether oxygens (including phenoxy) is 2. The van der Waals surface area contributed by atoms with Crippen molar-refractivity contribution in [2.24, 2.45) is 0 Å². The van der Waals surface area contributed by atoms with Crippen LogP contribution in [0.25, 0.3) is 10.8 Å². The molecule has 2 rings (SSSR count). The Morgan fingerprint density at radius 1 is 1.05 bits per heavy atom. The van der Waals surface area contributed by atoms with E-state index in [-0.39, 0.29) is 6.61 Å². The summed E-state index contributed by atoms with van der Waals surface area (Å²) in [7, 11) is 0. The number of carbonyl (C=O) groups is 3. The number of Topliss-reactive ketones (excluding diaryl/α,β-unsaturated/α-hetero) is 1. The highest BCUT2D eigenvalue weighted by Gasteiger charge is 2.29. The first-order chi connectivity index (χ1) is 10.5. The zero-order chi connectivity index (χ0) is 16.1. The minimum Gasteiger partial charge on any atom is -0.463 e. The Bertz CT molecular complexity index is 715. The lowest BCUT2D eigenvalue weighted by atomic mass is 10.0. The molecule has 0 amide bonds. The van der Waals surface area contributed by atoms with Crippen molar-refractivity contribution >= 4 is 28.5 Å². The average Bonchev–Trinajstić information content (AvgIpc) is 2.51. The third-order valence-electron chi connectivity index (χ3n) is 3.10. The van der Waals surface area contributed by atoms with Crippen LogP contribution in [0.15, 0.2) is 42.5 Å². The van der Waals surface area contributed by atoms with E-state index in [4.69, 9.17) is 9.47 Å². The topological polar surface area (TPSA) is 69.7 Å². The summed E-state index contributed by atoms with van der Waals surface area (Å²) in [5, 5.41) is 1.56. The molecule has 2 aromatic carbocycles. The van der Waals surface area contributed by atoms with Crippen LogP contribution < -0.4 is 0 Å². The van der Waals surface area contributed by atoms with E-state index in [0.29, 0.717) is 10.9 Å². The Labute approximate surface area is 127 Å². The molecule has 1 unspecified atom stereocenters. The summed E-state index contributed by atoms with van der Waals surface area (Å²) >= 11 is 0. The highest BCUT2D eigenvalue weighted by Crippen LogP contribution is 2.20. The van der Waals surface area contributed by atoms with Gasteiger partial charge in [-0.05, 0) is 30.7 Å². The number of hydrogen-bond donors (Lipinski definition) is 0. The van der Waals surface area contributed by atoms with Crippen LogP contribution in [0.5, 0.6) is 0 Å². The number of benzene rings is 2. The van der Waals surface area contributed by atoms with Crippen molar-refractivity contribution in [3.63, 3.8) is 0 Å². The van der Waals surface area contributed by atoms with E-state index >= 15 is 0 Å². The van der Waals surface area contributed by atoms with Crippen molar-refractivity contribution in [2.45, 2.75) is 20.0 Å². The van der Waals surface area contributed by atoms with Gasteiger partial charge in [0.1, 0.15) is 0 Å². The van der Waals surface area contributed by atoms with Crippen LogP contribution in [0.1, 0.15) is 24.2 Å². The number of hydrogen-bond acceptors (Lipinski definition) is 5. The molecule has 0 saturated heterocycles. The minimum absolute atomic E-state index is 0.106. The highest BCUT2D eigenvalue weighted by molar-refractivity contribution is 6.08. The minimum atomic E-state index is -1.54. The van der Waals surface area contributed by atoms with E-state index < -0.39 is 23.8 Å². The van der Waals surface area contributed by atoms with Gasteiger partial charge in [0.25, 0.3) is 6.10 Å². The summed E-state index contributed by atoms with van der Waals surface area (Å²) in [5.74, 6) is -2.17. The maximum Gasteiger partial charge on any atom is 0.355 e. The molecule has 5 nitrogen and oxygen atoms in total. The SMILES string of the molecule is CCOC(=O)C(OC(=O)c1cccc2ccccc12)C(C)=O. The summed E-state index contributed by atoms with van der Waals surface area (Å²) < 4.78 is 9.81. The third-order valence-corrected chi connectivity index (χ3v) is 3.10. The lowest BCUT2D eigenvalue weighted by molar-refractivity contribution is -0.157. The van der Waals surface area contributed by atoms with E-state index in [0.717, 1.165) is 5.39 Å². The van der Waals surface area contributed by atoms with Crippen molar-refractivity contribution in [2.75, 3.05) is 6.61 Å². The van der Waals surface area contributed by atoms with Crippen LogP contribution in [-0.2, 0) is 19.1 Å². The first-order valence-corrected chi connectivity index (χ1v) is 6.90. The Morgan fingerprint density at radius 3 is 2.41 bits per heavy atom. The maximum atomic E-state index is 12.3. The first-order valence-electron chi connectivity index (χ1n) is 6.90. The molecule has 0 radical (unpaired) electrons. The van der Waals surface area contributed by atoms with Gasteiger partial charge in [0, 0.05) is 0 Å². The van der Waals surface area contributed by atoms with E-state index in [2.05, 4.69) is 0 Å². The van der Waals surface area contributed by atoms with Gasteiger partial charge >= 0.3 is 11.9 Å². The molecule has 5 heteroatoms. The molecule has 2 aromatic rings. The Hall–Kier alpha value is -2.69. The van der Waals surface area contributed by atoms with Gasteiger partial charge in [-0.1, -0.05) is 36.4 Å². The molecule has 0 fully saturated rings. The largest absolute Gasteiger partial charge is 0.463 e. The standard InChI is InChI=1S/C17H16O5/c1-3-21-17(20)15(11(2)18)22-16(19)14-10-6-8-12-7-4-5-9-13(12)14/h4-10,15H,3H2,1-2H3. The van der Waals surface area contributed by atoms with E-state index in [1.807, 2.05) is 18.2 Å². The Balaban J connectivity index is 2.30. The van der Waals surface area contributed by atoms with Crippen LogP contribution in [0, 0.1) is 0 Å². The smallest absolute Gasteiger partial charge is 0.355 e. The van der Waals surface area contributed by atoms with Crippen molar-refractivity contribution in [1.29, 1.82) is 0 Å². The maximum absolute atomic E-state index is 12.3. The second-order valence-electron chi connectivity index (χ2n) is 4.67. The van der Waals surface area contributed by atoms with Gasteiger partial charge in [-0.25, -0.2) is 9.59 Å². The predicted molar refractivity (Wildman–Crippen MR) is 80.5 cm³/mol. The highest BCUT2D eigenvalue weighted by atomic mass is 16.6. The van der Waals surface area contributed by atoms with Crippen LogP contribution >= 0.6 is 0 Å². The molecule has 0 aliphatic carbocycles. The fraction of sp³-hybridized carbons (Fsp3) is 0.235. The number of ketones is 1. The van der Waals surface area contributed by atoms with Crippen molar-refractivity contribution in [1.82, 2.24) is 0 Å².